The van der Waals surface area contributed by atoms with Crippen molar-refractivity contribution in [1.29, 1.82) is 0 Å². The SMILES string of the molecule is COC(=O)c1ccc(CC2Cc3ccccc3C2=O)cc1.Nc1ccccc1NC(=O)c1ccc(/C=C2/Cc3ccccc3C2=O)cc1.Nc1ccccc1NC(=O)c1ccc(CC2Cc3ccccc3C2=O)cc1.Nc1ccccc1NC(=O)c1ccc(CC2Cc3ccccc3C2O)cc1.O=C(O)c1ccc(/C=C2/Cc3ccccc3C2=O)cc1.O=C1CCc2ccccc21. The minimum Gasteiger partial charge on any atom is -0.478 e. The van der Waals surface area contributed by atoms with E-state index in [1.165, 1.54) is 18.2 Å². The molecule has 0 spiro atoms. The molecule has 0 fully saturated rings. The van der Waals surface area contributed by atoms with Gasteiger partial charge in [0.25, 0.3) is 17.7 Å². The number of ketones is 5. The number of carbonyl (C=O) groups excluding carboxylic acids is 9. The fourth-order valence-corrected chi connectivity index (χ4v) is 17.2. The number of hydrogen-bond acceptors (Lipinski definition) is 15. The van der Waals surface area contributed by atoms with Gasteiger partial charge in [-0.1, -0.05) is 243 Å². The Morgan fingerprint density at radius 1 is 0.348 bits per heavy atom. The highest BCUT2D eigenvalue weighted by molar-refractivity contribution is 6.17. The number of carboxylic acid groups (broad SMARTS) is 1. The molecule has 0 saturated heterocycles. The zero-order valence-corrected chi connectivity index (χ0v) is 72.5. The summed E-state index contributed by atoms with van der Waals surface area (Å²) in [5.41, 5.74) is 41.9. The molecule has 11 N–H and O–H groups in total. The number of esters is 1. The highest BCUT2D eigenvalue weighted by atomic mass is 16.5. The Hall–Kier alpha value is -16.4. The molecule has 19 heteroatoms. The molecule has 4 atom stereocenters. The molecule has 0 radical (unpaired) electrons. The number of para-hydroxylation sites is 6. The first-order chi connectivity index (χ1) is 64.1. The van der Waals surface area contributed by atoms with E-state index in [0.29, 0.717) is 94.3 Å². The number of anilines is 6. The standard InChI is InChI=1S/C23H22N2O2.C23H20N2O2.C23H18N2O2.C18H16O3.C17H12O3.C9H8O/c3*24-20-7-3-4-8-21(20)25-23(27)16-11-9-15(10-12-16)13-18-14-17-5-1-2-6-19(17)22(18)26;1-21-18(20)13-8-6-12(7-9-13)10-15-11-14-4-2-3-5-16(14)17(15)19;18-16-14(10-13-3-1-2-4-15(13)16)9-11-5-7-12(8-6-11)17(19)20;10-9-6-5-7-3-1-2-4-8(7)9/h1-12,18,22,26H,13-14,24H2,(H,25,27);1-12,18H,13-14,24H2,(H,25,27);1-13H,14,24H2,(H,25,27);2-9,15H,10-11H2,1H3;1-9H,10H2,(H,19,20);1-4H,5-6H2/b;;18-13-;;14-9-;. The summed E-state index contributed by atoms with van der Waals surface area (Å²) in [5, 5.41) is 27.9. The summed E-state index contributed by atoms with van der Waals surface area (Å²) >= 11 is 0. The first kappa shape index (κ1) is 90.4. The normalized spacial score (nSPS) is 15.9. The molecule has 656 valence electrons. The number of allylic oxidation sites excluding steroid dienone is 2. The number of nitrogens with one attached hydrogen (secondary N) is 3. The molecule has 0 heterocycles. The zero-order chi connectivity index (χ0) is 92.3. The van der Waals surface area contributed by atoms with Crippen molar-refractivity contribution in [3.8, 4) is 0 Å². The van der Waals surface area contributed by atoms with Crippen LogP contribution in [0.25, 0.3) is 12.2 Å². The van der Waals surface area contributed by atoms with Gasteiger partial charge in [0.2, 0.25) is 0 Å². The van der Waals surface area contributed by atoms with Crippen molar-refractivity contribution < 1.29 is 62.9 Å². The molecule has 6 aliphatic rings. The van der Waals surface area contributed by atoms with Gasteiger partial charge in [0.05, 0.1) is 58.5 Å². The lowest BCUT2D eigenvalue weighted by atomic mass is 9.94. The van der Waals surface area contributed by atoms with E-state index in [2.05, 4.69) is 26.8 Å². The summed E-state index contributed by atoms with van der Waals surface area (Å²) in [4.78, 5) is 120. The number of carboxylic acids is 1. The topological polar surface area (TPSA) is 335 Å². The summed E-state index contributed by atoms with van der Waals surface area (Å²) in [5.74, 6) is -0.878. The van der Waals surface area contributed by atoms with Gasteiger partial charge in [0, 0.05) is 86.8 Å². The number of rotatable bonds is 16. The Morgan fingerprint density at radius 2 is 0.682 bits per heavy atom. The molecular weight excluding hydrogens is 1650 g/mol. The number of benzene rings is 14. The molecule has 0 saturated carbocycles. The monoisotopic (exact) mass is 1740 g/mol. The van der Waals surface area contributed by atoms with Crippen LogP contribution in [-0.4, -0.2) is 75.9 Å². The second-order valence-corrected chi connectivity index (χ2v) is 33.1. The maximum absolute atomic E-state index is 12.5. The quantitative estimate of drug-likeness (QED) is 0.0253. The van der Waals surface area contributed by atoms with E-state index >= 15 is 0 Å². The van der Waals surface area contributed by atoms with Gasteiger partial charge in [-0.2, -0.15) is 0 Å². The maximum Gasteiger partial charge on any atom is 0.337 e. The van der Waals surface area contributed by atoms with Crippen LogP contribution in [-0.2, 0) is 62.5 Å². The molecule has 20 rings (SSSR count). The van der Waals surface area contributed by atoms with Crippen LogP contribution in [0.1, 0.15) is 183 Å². The second kappa shape index (κ2) is 42.0. The molecule has 14 aromatic rings. The summed E-state index contributed by atoms with van der Waals surface area (Å²) < 4.78 is 4.68. The van der Waals surface area contributed by atoms with Crippen molar-refractivity contribution in [2.75, 3.05) is 40.3 Å². The minimum absolute atomic E-state index is 0.00590. The molecule has 0 aliphatic heterocycles. The van der Waals surface area contributed by atoms with E-state index in [9.17, 15) is 53.1 Å². The lowest BCUT2D eigenvalue weighted by Gasteiger charge is -2.15. The summed E-state index contributed by atoms with van der Waals surface area (Å²) in [6.07, 6.45) is 10.8. The Morgan fingerprint density at radius 3 is 1.06 bits per heavy atom. The lowest BCUT2D eigenvalue weighted by Crippen LogP contribution is -2.14. The average molecular weight is 1750 g/mol. The lowest BCUT2D eigenvalue weighted by molar-refractivity contribution is 0.0598. The second-order valence-electron chi connectivity index (χ2n) is 33.1. The highest BCUT2D eigenvalue weighted by Crippen LogP contribution is 2.39. The average Bonchev–Trinajstić information content (AvgIpc) is 1.69. The van der Waals surface area contributed by atoms with E-state index in [4.69, 9.17) is 22.3 Å². The smallest absolute Gasteiger partial charge is 0.337 e. The van der Waals surface area contributed by atoms with E-state index < -0.39 is 12.1 Å². The Bertz CT molecular complexity index is 6780. The van der Waals surface area contributed by atoms with Crippen molar-refractivity contribution in [3.63, 3.8) is 0 Å². The number of amides is 3. The Kier molecular flexibility index (Phi) is 28.8. The number of aliphatic hydroxyl groups excluding tert-OH is 1. The molecule has 4 unspecified atom stereocenters. The van der Waals surface area contributed by atoms with Gasteiger partial charge in [0.1, 0.15) is 0 Å². The summed E-state index contributed by atoms with van der Waals surface area (Å²) in [6.45, 7) is 0. The van der Waals surface area contributed by atoms with Crippen LogP contribution in [0.3, 0.4) is 0 Å². The van der Waals surface area contributed by atoms with Gasteiger partial charge in [-0.05, 0) is 227 Å². The largest absolute Gasteiger partial charge is 0.478 e. The van der Waals surface area contributed by atoms with Crippen molar-refractivity contribution in [2.24, 2.45) is 17.8 Å². The molecule has 6 aliphatic carbocycles. The number of aliphatic hydroxyl groups is 1. The van der Waals surface area contributed by atoms with Crippen molar-refractivity contribution in [2.45, 2.75) is 70.3 Å². The van der Waals surface area contributed by atoms with Crippen molar-refractivity contribution in [3.05, 3.63) is 473 Å². The Labute approximate surface area is 764 Å². The number of Topliss-reactive ketones (excluding diaryl/α,β-unsaturated/α-hetero) is 5. The number of fused-ring (bicyclic) bond motifs is 6. The third-order valence-corrected chi connectivity index (χ3v) is 24.3. The number of aromatic carboxylic acids is 1. The van der Waals surface area contributed by atoms with Gasteiger partial charge < -0.3 is 48.1 Å². The number of methoxy groups -OCH3 is 1. The molecule has 0 bridgehead atoms. The first-order valence-corrected chi connectivity index (χ1v) is 43.6. The van der Waals surface area contributed by atoms with Crippen molar-refractivity contribution in [1.82, 2.24) is 0 Å². The fourth-order valence-electron chi connectivity index (χ4n) is 17.2. The molecular formula is C113H96N6O13. The third kappa shape index (κ3) is 22.1. The van der Waals surface area contributed by atoms with E-state index in [1.807, 2.05) is 249 Å². The number of carbonyl (C=O) groups is 10. The van der Waals surface area contributed by atoms with E-state index in [-0.39, 0.29) is 70.1 Å². The van der Waals surface area contributed by atoms with Crippen LogP contribution in [0.4, 0.5) is 34.1 Å². The number of nitrogens with two attached hydrogens (primary N) is 3. The van der Waals surface area contributed by atoms with Gasteiger partial charge >= 0.3 is 11.9 Å². The predicted octanol–water partition coefficient (Wildman–Crippen LogP) is 20.5. The predicted molar refractivity (Wildman–Crippen MR) is 517 cm³/mol. The molecule has 0 aromatic heterocycles. The third-order valence-electron chi connectivity index (χ3n) is 24.3. The zero-order valence-electron chi connectivity index (χ0n) is 72.5. The van der Waals surface area contributed by atoms with Crippen LogP contribution in [0.2, 0.25) is 0 Å². The Balaban J connectivity index is 0.000000123. The van der Waals surface area contributed by atoms with Gasteiger partial charge in [0.15, 0.2) is 28.9 Å². The van der Waals surface area contributed by atoms with Crippen LogP contribution in [0.5, 0.6) is 0 Å². The van der Waals surface area contributed by atoms with Crippen molar-refractivity contribution >= 4 is 105 Å². The van der Waals surface area contributed by atoms with Crippen LogP contribution in [0.15, 0.2) is 351 Å². The highest BCUT2D eigenvalue weighted by Gasteiger charge is 2.34. The molecule has 19 nitrogen and oxygen atoms in total. The number of hydrogen-bond donors (Lipinski definition) is 8. The number of aryl methyl sites for hydroxylation is 1. The maximum atomic E-state index is 12.5. The summed E-state index contributed by atoms with van der Waals surface area (Å²) in [6, 6.07) is 104. The number of nitrogen functional groups attached to an aromatic ring is 3. The van der Waals surface area contributed by atoms with Gasteiger partial charge in [-0.3, -0.25) is 38.4 Å². The molecule has 14 aromatic carbocycles. The van der Waals surface area contributed by atoms with E-state index in [1.54, 1.807) is 97.1 Å². The van der Waals surface area contributed by atoms with Crippen LogP contribution >= 0.6 is 0 Å². The van der Waals surface area contributed by atoms with Crippen LogP contribution in [0, 0.1) is 17.8 Å². The van der Waals surface area contributed by atoms with E-state index in [0.717, 1.165) is 127 Å². The van der Waals surface area contributed by atoms with Gasteiger partial charge in [-0.25, -0.2) is 9.59 Å². The van der Waals surface area contributed by atoms with Crippen LogP contribution < -0.4 is 33.2 Å². The fraction of sp³-hybridized carbons (Fsp3) is 0.133. The first-order valence-electron chi connectivity index (χ1n) is 43.6. The minimum atomic E-state index is -0.950. The van der Waals surface area contributed by atoms with Gasteiger partial charge in [-0.15, -0.1) is 0 Å². The summed E-state index contributed by atoms with van der Waals surface area (Å²) in [7, 11) is 1.37. The number of ether oxygens (including phenoxy) is 1. The molecule has 3 amide bonds. The molecule has 132 heavy (non-hydrogen) atoms.